The number of nitrogens with two attached hydrogens (primary N) is 1. The van der Waals surface area contributed by atoms with Crippen LogP contribution in [0.5, 0.6) is 5.75 Å². The zero-order valence-corrected chi connectivity index (χ0v) is 12.9. The SMILES string of the molecule is Cc1ccc(OCCCC(C)(NC(C)C)C(N)=O)cc1. The number of aryl methyl sites for hydroxylation is 1. The average molecular weight is 278 g/mol. The van der Waals surface area contributed by atoms with Crippen molar-refractivity contribution in [2.24, 2.45) is 5.73 Å². The lowest BCUT2D eigenvalue weighted by atomic mass is 9.94. The fraction of sp³-hybridized carbons (Fsp3) is 0.562. The van der Waals surface area contributed by atoms with E-state index in [1.807, 2.05) is 52.0 Å². The van der Waals surface area contributed by atoms with E-state index in [9.17, 15) is 4.79 Å². The first kappa shape index (κ1) is 16.5. The van der Waals surface area contributed by atoms with E-state index in [2.05, 4.69) is 5.32 Å². The highest BCUT2D eigenvalue weighted by molar-refractivity contribution is 5.84. The highest BCUT2D eigenvalue weighted by atomic mass is 16.5. The molecule has 20 heavy (non-hydrogen) atoms. The van der Waals surface area contributed by atoms with Crippen molar-refractivity contribution >= 4 is 5.91 Å². The molecule has 3 N–H and O–H groups in total. The molecule has 1 rings (SSSR count). The second-order valence-electron chi connectivity index (χ2n) is 5.76. The van der Waals surface area contributed by atoms with Gasteiger partial charge in [-0.15, -0.1) is 0 Å². The molecule has 1 aromatic rings. The van der Waals surface area contributed by atoms with E-state index in [4.69, 9.17) is 10.5 Å². The molecule has 4 nitrogen and oxygen atoms in total. The van der Waals surface area contributed by atoms with Crippen LogP contribution in [0.4, 0.5) is 0 Å². The van der Waals surface area contributed by atoms with Gasteiger partial charge in [0.25, 0.3) is 0 Å². The van der Waals surface area contributed by atoms with Gasteiger partial charge in [0, 0.05) is 6.04 Å². The number of benzene rings is 1. The van der Waals surface area contributed by atoms with Crippen LogP contribution < -0.4 is 15.8 Å². The molecule has 0 aliphatic rings. The Morgan fingerprint density at radius 3 is 2.45 bits per heavy atom. The summed E-state index contributed by atoms with van der Waals surface area (Å²) in [4.78, 5) is 11.6. The summed E-state index contributed by atoms with van der Waals surface area (Å²) in [7, 11) is 0. The minimum Gasteiger partial charge on any atom is -0.494 e. The summed E-state index contributed by atoms with van der Waals surface area (Å²) < 4.78 is 5.66. The maximum Gasteiger partial charge on any atom is 0.237 e. The summed E-state index contributed by atoms with van der Waals surface area (Å²) in [6.45, 7) is 8.47. The maximum absolute atomic E-state index is 11.6. The third-order valence-electron chi connectivity index (χ3n) is 3.26. The molecule has 0 aliphatic carbocycles. The lowest BCUT2D eigenvalue weighted by molar-refractivity contribution is -0.124. The van der Waals surface area contributed by atoms with Gasteiger partial charge < -0.3 is 15.8 Å². The normalized spacial score (nSPS) is 14.1. The van der Waals surface area contributed by atoms with Crippen LogP contribution in [0.3, 0.4) is 0 Å². The molecule has 112 valence electrons. The van der Waals surface area contributed by atoms with Crippen molar-refractivity contribution in [2.45, 2.75) is 52.1 Å². The maximum atomic E-state index is 11.6. The molecular formula is C16H26N2O2. The van der Waals surface area contributed by atoms with Crippen molar-refractivity contribution in [3.8, 4) is 5.75 Å². The first-order valence-corrected chi connectivity index (χ1v) is 7.10. The minimum absolute atomic E-state index is 0.213. The molecule has 0 saturated heterocycles. The van der Waals surface area contributed by atoms with Crippen LogP contribution in [-0.2, 0) is 4.79 Å². The van der Waals surface area contributed by atoms with Gasteiger partial charge in [0.1, 0.15) is 5.75 Å². The van der Waals surface area contributed by atoms with Crippen molar-refractivity contribution in [3.63, 3.8) is 0 Å². The van der Waals surface area contributed by atoms with Crippen LogP contribution in [0.1, 0.15) is 39.2 Å². The van der Waals surface area contributed by atoms with Gasteiger partial charge in [-0.05, 0) is 52.7 Å². The largest absolute Gasteiger partial charge is 0.494 e. The fourth-order valence-corrected chi connectivity index (χ4v) is 2.15. The predicted molar refractivity (Wildman–Crippen MR) is 81.8 cm³/mol. The van der Waals surface area contributed by atoms with Crippen molar-refractivity contribution in [2.75, 3.05) is 6.61 Å². The van der Waals surface area contributed by atoms with Gasteiger partial charge in [0.2, 0.25) is 5.91 Å². The van der Waals surface area contributed by atoms with Gasteiger partial charge >= 0.3 is 0 Å². The van der Waals surface area contributed by atoms with Crippen LogP contribution in [0.15, 0.2) is 24.3 Å². The predicted octanol–water partition coefficient (Wildman–Crippen LogP) is 2.40. The number of carbonyl (C=O) groups is 1. The number of nitrogens with one attached hydrogen (secondary N) is 1. The standard InChI is InChI=1S/C16H26N2O2/c1-12(2)18-16(4,15(17)19)10-5-11-20-14-8-6-13(3)7-9-14/h6-9,12,18H,5,10-11H2,1-4H3,(H2,17,19). The number of rotatable bonds is 8. The quantitative estimate of drug-likeness (QED) is 0.718. The molecule has 0 heterocycles. The lowest BCUT2D eigenvalue weighted by Crippen LogP contribution is -2.55. The number of ether oxygens (including phenoxy) is 1. The van der Waals surface area contributed by atoms with Gasteiger partial charge in [-0.25, -0.2) is 0 Å². The van der Waals surface area contributed by atoms with E-state index in [0.29, 0.717) is 13.0 Å². The third kappa shape index (κ3) is 5.21. The van der Waals surface area contributed by atoms with E-state index in [-0.39, 0.29) is 11.9 Å². The van der Waals surface area contributed by atoms with Crippen LogP contribution in [0.2, 0.25) is 0 Å². The first-order chi connectivity index (χ1) is 9.33. The molecule has 0 saturated carbocycles. The number of primary amides is 1. The van der Waals surface area contributed by atoms with Gasteiger partial charge in [0.15, 0.2) is 0 Å². The van der Waals surface area contributed by atoms with Gasteiger partial charge in [-0.2, -0.15) is 0 Å². The molecule has 1 unspecified atom stereocenters. The summed E-state index contributed by atoms with van der Waals surface area (Å²) in [5, 5.41) is 3.23. The van der Waals surface area contributed by atoms with Gasteiger partial charge in [-0.3, -0.25) is 4.79 Å². The zero-order valence-electron chi connectivity index (χ0n) is 12.9. The highest BCUT2D eigenvalue weighted by Gasteiger charge is 2.30. The van der Waals surface area contributed by atoms with E-state index >= 15 is 0 Å². The molecule has 0 fully saturated rings. The number of amides is 1. The third-order valence-corrected chi connectivity index (χ3v) is 3.26. The highest BCUT2D eigenvalue weighted by Crippen LogP contribution is 2.15. The van der Waals surface area contributed by atoms with Crippen LogP contribution in [0, 0.1) is 6.92 Å². The molecule has 1 amide bonds. The molecule has 4 heteroatoms. The van der Waals surface area contributed by atoms with Crippen LogP contribution in [-0.4, -0.2) is 24.1 Å². The molecule has 0 spiro atoms. The van der Waals surface area contributed by atoms with Gasteiger partial charge in [-0.1, -0.05) is 17.7 Å². The Morgan fingerprint density at radius 1 is 1.35 bits per heavy atom. The Morgan fingerprint density at radius 2 is 1.95 bits per heavy atom. The van der Waals surface area contributed by atoms with Crippen molar-refractivity contribution in [1.82, 2.24) is 5.32 Å². The van der Waals surface area contributed by atoms with E-state index in [1.165, 1.54) is 5.56 Å². The minimum atomic E-state index is -0.676. The van der Waals surface area contributed by atoms with Crippen LogP contribution >= 0.6 is 0 Å². The molecule has 0 bridgehead atoms. The first-order valence-electron chi connectivity index (χ1n) is 7.10. The Hall–Kier alpha value is -1.55. The zero-order chi connectivity index (χ0) is 15.2. The monoisotopic (exact) mass is 278 g/mol. The fourth-order valence-electron chi connectivity index (χ4n) is 2.15. The Kier molecular flexibility index (Phi) is 6.02. The summed E-state index contributed by atoms with van der Waals surface area (Å²) in [6, 6.07) is 8.15. The Balaban J connectivity index is 2.41. The molecule has 1 aromatic carbocycles. The van der Waals surface area contributed by atoms with E-state index in [1.54, 1.807) is 0 Å². The lowest BCUT2D eigenvalue weighted by Gasteiger charge is -2.29. The second kappa shape index (κ2) is 7.29. The van der Waals surface area contributed by atoms with E-state index < -0.39 is 5.54 Å². The molecule has 0 aromatic heterocycles. The van der Waals surface area contributed by atoms with Crippen molar-refractivity contribution in [1.29, 1.82) is 0 Å². The molecular weight excluding hydrogens is 252 g/mol. The number of hydrogen-bond acceptors (Lipinski definition) is 3. The summed E-state index contributed by atoms with van der Waals surface area (Å²) in [5.74, 6) is 0.537. The van der Waals surface area contributed by atoms with Crippen molar-refractivity contribution in [3.05, 3.63) is 29.8 Å². The molecule has 0 aliphatic heterocycles. The van der Waals surface area contributed by atoms with Crippen LogP contribution in [0.25, 0.3) is 0 Å². The van der Waals surface area contributed by atoms with E-state index in [0.717, 1.165) is 12.2 Å². The number of hydrogen-bond donors (Lipinski definition) is 2. The molecule has 1 atom stereocenters. The second-order valence-corrected chi connectivity index (χ2v) is 5.76. The number of carbonyl (C=O) groups excluding carboxylic acids is 1. The summed E-state index contributed by atoms with van der Waals surface area (Å²) in [6.07, 6.45) is 1.43. The average Bonchev–Trinajstić information content (AvgIpc) is 2.36. The Labute approximate surface area is 121 Å². The smallest absolute Gasteiger partial charge is 0.237 e. The van der Waals surface area contributed by atoms with Crippen molar-refractivity contribution < 1.29 is 9.53 Å². The van der Waals surface area contributed by atoms with Gasteiger partial charge in [0.05, 0.1) is 12.1 Å². The molecule has 0 radical (unpaired) electrons. The Bertz CT molecular complexity index is 429. The topological polar surface area (TPSA) is 64.3 Å². The summed E-state index contributed by atoms with van der Waals surface area (Å²) >= 11 is 0. The summed E-state index contributed by atoms with van der Waals surface area (Å²) in [5.41, 5.74) is 6.02.